The average molecular weight is 253 g/mol. The Morgan fingerprint density at radius 3 is 2.47 bits per heavy atom. The third-order valence-electron chi connectivity index (χ3n) is 2.11. The molecule has 0 saturated heterocycles. The highest BCUT2D eigenvalue weighted by atomic mass is 32.2. The number of ether oxygens (including phenoxy) is 1. The van der Waals surface area contributed by atoms with Gasteiger partial charge in [-0.3, -0.25) is 9.82 Å². The second-order valence-corrected chi connectivity index (χ2v) is 4.91. The molecule has 0 fully saturated rings. The molecule has 7 heteroatoms. The Bertz CT molecular complexity index is 576. The Morgan fingerprint density at radius 1 is 1.24 bits per heavy atom. The van der Waals surface area contributed by atoms with Crippen LogP contribution in [0.1, 0.15) is 0 Å². The first-order chi connectivity index (χ1) is 8.12. The molecular formula is C10H11N3O3S. The summed E-state index contributed by atoms with van der Waals surface area (Å²) in [6, 6.07) is 7.96. The van der Waals surface area contributed by atoms with Gasteiger partial charge < -0.3 is 4.74 Å². The van der Waals surface area contributed by atoms with Crippen molar-refractivity contribution >= 4 is 15.7 Å². The van der Waals surface area contributed by atoms with Crippen molar-refractivity contribution in [3.05, 3.63) is 36.5 Å². The minimum atomic E-state index is -3.60. The zero-order valence-electron chi connectivity index (χ0n) is 9.04. The highest BCUT2D eigenvalue weighted by Gasteiger charge is 2.15. The molecule has 17 heavy (non-hydrogen) atoms. The van der Waals surface area contributed by atoms with E-state index in [1.165, 1.54) is 12.3 Å². The molecule has 1 aromatic carbocycles. The quantitative estimate of drug-likeness (QED) is 0.858. The van der Waals surface area contributed by atoms with Crippen LogP contribution in [0, 0.1) is 0 Å². The van der Waals surface area contributed by atoms with Gasteiger partial charge in [0.25, 0.3) is 10.0 Å². The lowest BCUT2D eigenvalue weighted by Gasteiger charge is -2.06. The van der Waals surface area contributed by atoms with Crippen molar-refractivity contribution in [1.29, 1.82) is 0 Å². The molecule has 90 valence electrons. The first-order valence-electron chi connectivity index (χ1n) is 4.78. The van der Waals surface area contributed by atoms with Gasteiger partial charge in [0.05, 0.1) is 13.3 Å². The third-order valence-corrected chi connectivity index (χ3v) is 3.42. The van der Waals surface area contributed by atoms with Crippen molar-refractivity contribution in [2.75, 3.05) is 11.8 Å². The minimum Gasteiger partial charge on any atom is -0.497 e. The largest absolute Gasteiger partial charge is 0.497 e. The van der Waals surface area contributed by atoms with Gasteiger partial charge in [0.2, 0.25) is 0 Å². The molecule has 0 aliphatic rings. The van der Waals surface area contributed by atoms with E-state index < -0.39 is 10.0 Å². The van der Waals surface area contributed by atoms with Crippen molar-refractivity contribution < 1.29 is 13.2 Å². The monoisotopic (exact) mass is 253 g/mol. The lowest BCUT2D eigenvalue weighted by molar-refractivity contribution is 0.415. The fourth-order valence-corrected chi connectivity index (χ4v) is 2.23. The van der Waals surface area contributed by atoms with Gasteiger partial charge in [0.15, 0.2) is 5.03 Å². The first kappa shape index (κ1) is 11.5. The van der Waals surface area contributed by atoms with Crippen molar-refractivity contribution in [2.24, 2.45) is 0 Å². The number of sulfonamides is 1. The number of aromatic amines is 1. The van der Waals surface area contributed by atoms with Gasteiger partial charge in [0, 0.05) is 5.69 Å². The predicted octanol–water partition coefficient (Wildman–Crippen LogP) is 1.22. The van der Waals surface area contributed by atoms with Gasteiger partial charge in [-0.25, -0.2) is 0 Å². The van der Waals surface area contributed by atoms with Crippen molar-refractivity contribution in [3.63, 3.8) is 0 Å². The molecule has 6 nitrogen and oxygen atoms in total. The Kier molecular flexibility index (Phi) is 3.01. The summed E-state index contributed by atoms with van der Waals surface area (Å²) in [7, 11) is -2.05. The molecule has 2 rings (SSSR count). The molecular weight excluding hydrogens is 242 g/mol. The molecule has 0 spiro atoms. The smallest absolute Gasteiger partial charge is 0.278 e. The molecule has 2 aromatic rings. The predicted molar refractivity (Wildman–Crippen MR) is 62.4 cm³/mol. The molecule has 1 aromatic heterocycles. The van der Waals surface area contributed by atoms with Gasteiger partial charge in [0.1, 0.15) is 5.75 Å². The van der Waals surface area contributed by atoms with Crippen molar-refractivity contribution in [1.82, 2.24) is 10.2 Å². The van der Waals surface area contributed by atoms with E-state index in [0.717, 1.165) is 0 Å². The van der Waals surface area contributed by atoms with Crippen molar-refractivity contribution in [3.8, 4) is 5.75 Å². The summed E-state index contributed by atoms with van der Waals surface area (Å²) in [4.78, 5) is 0. The Morgan fingerprint density at radius 2 is 1.94 bits per heavy atom. The van der Waals surface area contributed by atoms with Crippen LogP contribution in [0.2, 0.25) is 0 Å². The lowest BCUT2D eigenvalue weighted by Crippen LogP contribution is -2.13. The number of H-pyrrole nitrogens is 1. The summed E-state index contributed by atoms with van der Waals surface area (Å²) < 4.78 is 31.0. The maximum absolute atomic E-state index is 11.8. The highest BCUT2D eigenvalue weighted by Crippen LogP contribution is 2.17. The summed E-state index contributed by atoms with van der Waals surface area (Å²) in [5, 5.41) is 6.01. The SMILES string of the molecule is COc1ccc(NS(=O)(=O)c2ccn[nH]2)cc1. The molecule has 0 bridgehead atoms. The Hall–Kier alpha value is -2.02. The normalized spacial score (nSPS) is 11.1. The Labute approximate surface area is 98.7 Å². The highest BCUT2D eigenvalue weighted by molar-refractivity contribution is 7.92. The maximum atomic E-state index is 11.8. The van der Waals surface area contributed by atoms with Gasteiger partial charge in [-0.05, 0) is 30.3 Å². The van der Waals surface area contributed by atoms with Crippen LogP contribution in [0.15, 0.2) is 41.6 Å². The summed E-state index contributed by atoms with van der Waals surface area (Å²) in [5.74, 6) is 0.662. The van der Waals surface area contributed by atoms with E-state index in [2.05, 4.69) is 14.9 Å². The molecule has 0 radical (unpaired) electrons. The molecule has 0 atom stereocenters. The Balaban J connectivity index is 2.21. The molecule has 1 heterocycles. The van der Waals surface area contributed by atoms with E-state index in [0.29, 0.717) is 11.4 Å². The summed E-state index contributed by atoms with van der Waals surface area (Å²) in [6.07, 6.45) is 1.38. The standard InChI is InChI=1S/C10H11N3O3S/c1-16-9-4-2-8(3-5-9)13-17(14,15)10-6-7-11-12-10/h2-7,13H,1H3,(H,11,12). The van der Waals surface area contributed by atoms with Crippen molar-refractivity contribution in [2.45, 2.75) is 5.03 Å². The zero-order valence-corrected chi connectivity index (χ0v) is 9.86. The number of nitrogens with one attached hydrogen (secondary N) is 2. The zero-order chi connectivity index (χ0) is 12.3. The van der Waals surface area contributed by atoms with Crippen LogP contribution in [-0.4, -0.2) is 25.7 Å². The van der Waals surface area contributed by atoms with Gasteiger partial charge in [-0.2, -0.15) is 13.5 Å². The first-order valence-corrected chi connectivity index (χ1v) is 6.26. The van der Waals surface area contributed by atoms with E-state index in [4.69, 9.17) is 4.74 Å². The molecule has 0 aliphatic heterocycles. The van der Waals surface area contributed by atoms with Crippen LogP contribution in [-0.2, 0) is 10.0 Å². The molecule has 0 unspecified atom stereocenters. The van der Waals surface area contributed by atoms with E-state index in [1.54, 1.807) is 31.4 Å². The fraction of sp³-hybridized carbons (Fsp3) is 0.100. The number of hydrogen-bond acceptors (Lipinski definition) is 4. The van der Waals surface area contributed by atoms with Crippen LogP contribution in [0.5, 0.6) is 5.75 Å². The molecule has 0 aliphatic carbocycles. The topological polar surface area (TPSA) is 84.1 Å². The number of anilines is 1. The summed E-state index contributed by atoms with van der Waals surface area (Å²) >= 11 is 0. The van der Waals surface area contributed by atoms with Crippen LogP contribution in [0.25, 0.3) is 0 Å². The number of nitrogens with zero attached hydrogens (tertiary/aromatic N) is 1. The van der Waals surface area contributed by atoms with Crippen LogP contribution in [0.4, 0.5) is 5.69 Å². The maximum Gasteiger partial charge on any atom is 0.278 e. The molecule has 0 saturated carbocycles. The van der Waals surface area contributed by atoms with Crippen LogP contribution >= 0.6 is 0 Å². The summed E-state index contributed by atoms with van der Waals surface area (Å²) in [5.41, 5.74) is 0.459. The fourth-order valence-electron chi connectivity index (χ4n) is 1.26. The number of aromatic nitrogens is 2. The summed E-state index contributed by atoms with van der Waals surface area (Å²) in [6.45, 7) is 0. The van der Waals surface area contributed by atoms with Crippen LogP contribution in [0.3, 0.4) is 0 Å². The molecule has 0 amide bonds. The lowest BCUT2D eigenvalue weighted by atomic mass is 10.3. The van der Waals surface area contributed by atoms with Crippen LogP contribution < -0.4 is 9.46 Å². The van der Waals surface area contributed by atoms with Gasteiger partial charge in [-0.15, -0.1) is 0 Å². The van der Waals surface area contributed by atoms with E-state index >= 15 is 0 Å². The van der Waals surface area contributed by atoms with Gasteiger partial charge >= 0.3 is 0 Å². The minimum absolute atomic E-state index is 0.0216. The second-order valence-electron chi connectivity index (χ2n) is 3.25. The number of methoxy groups -OCH3 is 1. The molecule has 2 N–H and O–H groups in total. The second kappa shape index (κ2) is 4.46. The van der Waals surface area contributed by atoms with Gasteiger partial charge in [-0.1, -0.05) is 0 Å². The van der Waals surface area contributed by atoms with E-state index in [1.807, 2.05) is 0 Å². The number of hydrogen-bond donors (Lipinski definition) is 2. The average Bonchev–Trinajstić information content (AvgIpc) is 2.84. The third kappa shape index (κ3) is 2.56. The van der Waals surface area contributed by atoms with E-state index in [-0.39, 0.29) is 5.03 Å². The number of benzene rings is 1. The van der Waals surface area contributed by atoms with E-state index in [9.17, 15) is 8.42 Å². The number of rotatable bonds is 4.